The number of piperidine rings is 1. The minimum Gasteiger partial charge on any atom is -0.391 e. The van der Waals surface area contributed by atoms with Gasteiger partial charge in [0.1, 0.15) is 0 Å². The molecule has 1 fully saturated rings. The van der Waals surface area contributed by atoms with Crippen molar-refractivity contribution in [2.75, 3.05) is 24.5 Å². The summed E-state index contributed by atoms with van der Waals surface area (Å²) in [6.45, 7) is 7.12. The summed E-state index contributed by atoms with van der Waals surface area (Å²) in [5, 5.41) is 13.1. The third-order valence-electron chi connectivity index (χ3n) is 3.67. The molecule has 1 aromatic carbocycles. The molecule has 2 rings (SSSR count). The number of hydrogen-bond acceptors (Lipinski definition) is 3. The molecular formula is C15H24N2O. The van der Waals surface area contributed by atoms with Gasteiger partial charge in [-0.05, 0) is 44.0 Å². The van der Waals surface area contributed by atoms with E-state index < -0.39 is 0 Å². The van der Waals surface area contributed by atoms with Crippen molar-refractivity contribution in [2.45, 2.75) is 38.8 Å². The fourth-order valence-electron chi connectivity index (χ4n) is 2.59. The summed E-state index contributed by atoms with van der Waals surface area (Å²) in [5.74, 6) is 0. The van der Waals surface area contributed by atoms with Gasteiger partial charge in [0.25, 0.3) is 0 Å². The van der Waals surface area contributed by atoms with E-state index >= 15 is 0 Å². The van der Waals surface area contributed by atoms with Crippen LogP contribution in [0.15, 0.2) is 24.3 Å². The molecule has 0 aromatic heterocycles. The Morgan fingerprint density at radius 2 is 2.11 bits per heavy atom. The molecule has 0 aliphatic carbocycles. The van der Waals surface area contributed by atoms with E-state index in [-0.39, 0.29) is 6.10 Å². The molecule has 3 heteroatoms. The first-order valence-corrected chi connectivity index (χ1v) is 6.97. The summed E-state index contributed by atoms with van der Waals surface area (Å²) >= 11 is 0. The van der Waals surface area contributed by atoms with Gasteiger partial charge in [-0.15, -0.1) is 0 Å². The van der Waals surface area contributed by atoms with Crippen LogP contribution >= 0.6 is 0 Å². The summed E-state index contributed by atoms with van der Waals surface area (Å²) in [5.41, 5.74) is 2.54. The first kappa shape index (κ1) is 13.4. The van der Waals surface area contributed by atoms with Crippen molar-refractivity contribution in [2.24, 2.45) is 0 Å². The first-order valence-electron chi connectivity index (χ1n) is 6.97. The molecule has 100 valence electrons. The number of anilines is 1. The molecule has 2 atom stereocenters. The van der Waals surface area contributed by atoms with Crippen LogP contribution in [0.25, 0.3) is 0 Å². The van der Waals surface area contributed by atoms with Crippen LogP contribution in [0.2, 0.25) is 0 Å². The predicted molar refractivity (Wildman–Crippen MR) is 76.0 cm³/mol. The Balaban J connectivity index is 2.02. The van der Waals surface area contributed by atoms with Gasteiger partial charge in [0.15, 0.2) is 0 Å². The molecule has 2 N–H and O–H groups in total. The first-order chi connectivity index (χ1) is 8.70. The number of aliphatic hydroxyl groups excluding tert-OH is 1. The lowest BCUT2D eigenvalue weighted by molar-refractivity contribution is 0.154. The molecule has 0 amide bonds. The molecule has 1 heterocycles. The highest BCUT2D eigenvalue weighted by Gasteiger charge is 2.17. The Labute approximate surface area is 110 Å². The average Bonchev–Trinajstić information content (AvgIpc) is 2.39. The van der Waals surface area contributed by atoms with E-state index in [1.165, 1.54) is 11.3 Å². The van der Waals surface area contributed by atoms with Gasteiger partial charge in [-0.1, -0.05) is 19.1 Å². The smallest absolute Gasteiger partial charge is 0.0715 e. The average molecular weight is 248 g/mol. The van der Waals surface area contributed by atoms with Crippen LogP contribution in [0, 0.1) is 0 Å². The second kappa shape index (κ2) is 6.21. The van der Waals surface area contributed by atoms with Gasteiger partial charge in [-0.3, -0.25) is 0 Å². The summed E-state index contributed by atoms with van der Waals surface area (Å²) in [6, 6.07) is 9.10. The monoisotopic (exact) mass is 248 g/mol. The Hall–Kier alpha value is -1.06. The minimum atomic E-state index is -0.167. The lowest BCUT2D eigenvalue weighted by Crippen LogP contribution is -2.38. The van der Waals surface area contributed by atoms with Gasteiger partial charge in [-0.25, -0.2) is 0 Å². The van der Waals surface area contributed by atoms with Crippen molar-refractivity contribution in [1.29, 1.82) is 0 Å². The number of nitrogens with zero attached hydrogens (tertiary/aromatic N) is 1. The maximum atomic E-state index is 9.70. The van der Waals surface area contributed by atoms with Crippen molar-refractivity contribution < 1.29 is 5.11 Å². The number of β-amino-alcohol motifs (C(OH)–C–C–N with tert-alkyl or cyclic N) is 1. The number of nitrogens with one attached hydrogen (secondary N) is 1. The largest absolute Gasteiger partial charge is 0.391 e. The summed E-state index contributed by atoms with van der Waals surface area (Å²) in [6.07, 6.45) is 1.85. The molecular weight excluding hydrogens is 224 g/mol. The molecule has 0 spiro atoms. The minimum absolute atomic E-state index is 0.167. The molecule has 2 unspecified atom stereocenters. The molecule has 18 heavy (non-hydrogen) atoms. The van der Waals surface area contributed by atoms with Crippen LogP contribution in [0.5, 0.6) is 0 Å². The van der Waals surface area contributed by atoms with Crippen LogP contribution in [-0.4, -0.2) is 30.8 Å². The highest BCUT2D eigenvalue weighted by Crippen LogP contribution is 2.22. The zero-order chi connectivity index (χ0) is 13.0. The van der Waals surface area contributed by atoms with Crippen LogP contribution in [0.1, 0.15) is 38.3 Å². The van der Waals surface area contributed by atoms with Gasteiger partial charge >= 0.3 is 0 Å². The van der Waals surface area contributed by atoms with Gasteiger partial charge in [0, 0.05) is 24.8 Å². The second-order valence-corrected chi connectivity index (χ2v) is 5.11. The van der Waals surface area contributed by atoms with Gasteiger partial charge < -0.3 is 15.3 Å². The maximum Gasteiger partial charge on any atom is 0.0715 e. The third-order valence-corrected chi connectivity index (χ3v) is 3.67. The van der Waals surface area contributed by atoms with Crippen LogP contribution < -0.4 is 10.2 Å². The van der Waals surface area contributed by atoms with E-state index in [4.69, 9.17) is 0 Å². The quantitative estimate of drug-likeness (QED) is 0.858. The van der Waals surface area contributed by atoms with E-state index in [0.29, 0.717) is 6.04 Å². The number of rotatable bonds is 4. The number of hydrogen-bond donors (Lipinski definition) is 2. The Morgan fingerprint density at radius 1 is 1.39 bits per heavy atom. The van der Waals surface area contributed by atoms with Gasteiger partial charge in [0.2, 0.25) is 0 Å². The molecule has 1 aromatic rings. The van der Waals surface area contributed by atoms with Crippen LogP contribution in [0.4, 0.5) is 5.69 Å². The molecule has 1 saturated heterocycles. The highest BCUT2D eigenvalue weighted by atomic mass is 16.3. The lowest BCUT2D eigenvalue weighted by Gasteiger charge is -2.32. The highest BCUT2D eigenvalue weighted by molar-refractivity contribution is 5.48. The fourth-order valence-corrected chi connectivity index (χ4v) is 2.59. The Kier molecular flexibility index (Phi) is 4.61. The zero-order valence-corrected chi connectivity index (χ0v) is 11.4. The zero-order valence-electron chi connectivity index (χ0n) is 11.4. The van der Waals surface area contributed by atoms with Crippen molar-refractivity contribution in [3.05, 3.63) is 29.8 Å². The lowest BCUT2D eigenvalue weighted by atomic mass is 10.1. The standard InChI is InChI=1S/C15H24N2O/c1-3-16-12(2)13-6-8-14(9-7-13)17-10-4-5-15(18)11-17/h6-9,12,15-16,18H,3-5,10-11H2,1-2H3. The second-order valence-electron chi connectivity index (χ2n) is 5.11. The van der Waals surface area contributed by atoms with E-state index in [1.807, 2.05) is 0 Å². The number of aliphatic hydroxyl groups is 1. The van der Waals surface area contributed by atoms with Crippen LogP contribution in [0.3, 0.4) is 0 Å². The fraction of sp³-hybridized carbons (Fsp3) is 0.600. The maximum absolute atomic E-state index is 9.70. The van der Waals surface area contributed by atoms with E-state index in [9.17, 15) is 5.11 Å². The summed E-state index contributed by atoms with van der Waals surface area (Å²) in [4.78, 5) is 2.27. The molecule has 0 bridgehead atoms. The predicted octanol–water partition coefficient (Wildman–Crippen LogP) is 2.32. The normalized spacial score (nSPS) is 21.9. The topological polar surface area (TPSA) is 35.5 Å². The molecule has 0 radical (unpaired) electrons. The third kappa shape index (κ3) is 3.24. The molecule has 0 saturated carbocycles. The Bertz CT molecular complexity index is 363. The van der Waals surface area contributed by atoms with E-state index in [1.54, 1.807) is 0 Å². The Morgan fingerprint density at radius 3 is 2.72 bits per heavy atom. The van der Waals surface area contributed by atoms with E-state index in [0.717, 1.165) is 32.5 Å². The molecule has 1 aliphatic heterocycles. The van der Waals surface area contributed by atoms with E-state index in [2.05, 4.69) is 48.3 Å². The van der Waals surface area contributed by atoms with Crippen molar-refractivity contribution in [3.63, 3.8) is 0 Å². The number of benzene rings is 1. The summed E-state index contributed by atoms with van der Waals surface area (Å²) in [7, 11) is 0. The molecule has 3 nitrogen and oxygen atoms in total. The summed E-state index contributed by atoms with van der Waals surface area (Å²) < 4.78 is 0. The van der Waals surface area contributed by atoms with Crippen molar-refractivity contribution in [1.82, 2.24) is 5.32 Å². The van der Waals surface area contributed by atoms with Crippen molar-refractivity contribution in [3.8, 4) is 0 Å². The van der Waals surface area contributed by atoms with Crippen LogP contribution in [-0.2, 0) is 0 Å². The SMILES string of the molecule is CCNC(C)c1ccc(N2CCCC(O)C2)cc1. The van der Waals surface area contributed by atoms with Crippen molar-refractivity contribution >= 4 is 5.69 Å². The van der Waals surface area contributed by atoms with Gasteiger partial charge in [-0.2, -0.15) is 0 Å². The van der Waals surface area contributed by atoms with Gasteiger partial charge in [0.05, 0.1) is 6.10 Å². The molecule has 1 aliphatic rings.